The number of aliphatic hydroxyl groups excluding tert-OH is 1. The van der Waals surface area contributed by atoms with Crippen LogP contribution in [0.5, 0.6) is 0 Å². The van der Waals surface area contributed by atoms with Crippen molar-refractivity contribution in [1.82, 2.24) is 0 Å². The fraction of sp³-hybridized carbons (Fsp3) is 0.647. The van der Waals surface area contributed by atoms with Gasteiger partial charge in [-0.05, 0) is 41.9 Å². The molecule has 102 valence electrons. The molecule has 0 aliphatic carbocycles. The molecule has 1 heteroatoms. The minimum atomic E-state index is 0.224. The second-order valence-corrected chi connectivity index (χ2v) is 5.84. The fourth-order valence-electron chi connectivity index (χ4n) is 2.69. The van der Waals surface area contributed by atoms with Crippen molar-refractivity contribution in [3.63, 3.8) is 0 Å². The van der Waals surface area contributed by atoms with Crippen molar-refractivity contribution in [3.05, 3.63) is 34.9 Å². The van der Waals surface area contributed by atoms with Gasteiger partial charge in [-0.1, -0.05) is 52.3 Å². The summed E-state index contributed by atoms with van der Waals surface area (Å²) >= 11 is 0. The third kappa shape index (κ3) is 3.58. The molecule has 1 nitrogen and oxygen atoms in total. The highest BCUT2D eigenvalue weighted by Crippen LogP contribution is 2.32. The van der Waals surface area contributed by atoms with E-state index >= 15 is 0 Å². The normalized spacial score (nSPS) is 14.8. The maximum absolute atomic E-state index is 9.23. The van der Waals surface area contributed by atoms with Gasteiger partial charge in [0, 0.05) is 12.5 Å². The highest BCUT2D eigenvalue weighted by molar-refractivity contribution is 5.35. The van der Waals surface area contributed by atoms with Gasteiger partial charge in [0.25, 0.3) is 0 Å². The molecule has 0 saturated carbocycles. The van der Waals surface area contributed by atoms with Crippen molar-refractivity contribution in [3.8, 4) is 0 Å². The molecule has 0 aliphatic heterocycles. The van der Waals surface area contributed by atoms with E-state index in [4.69, 9.17) is 0 Å². The van der Waals surface area contributed by atoms with E-state index in [2.05, 4.69) is 52.8 Å². The first-order valence-electron chi connectivity index (χ1n) is 7.22. The highest BCUT2D eigenvalue weighted by atomic mass is 16.3. The second kappa shape index (κ2) is 6.94. The van der Waals surface area contributed by atoms with Crippen molar-refractivity contribution >= 4 is 0 Å². The largest absolute Gasteiger partial charge is 0.396 e. The van der Waals surface area contributed by atoms with Crippen LogP contribution in [0.25, 0.3) is 0 Å². The summed E-state index contributed by atoms with van der Waals surface area (Å²) in [6.07, 6.45) is 2.49. The average Bonchev–Trinajstić information content (AvgIpc) is 2.35. The summed E-state index contributed by atoms with van der Waals surface area (Å²) in [5, 5.41) is 9.23. The predicted molar refractivity (Wildman–Crippen MR) is 79.2 cm³/mol. The molecule has 1 rings (SSSR count). The van der Waals surface area contributed by atoms with Crippen molar-refractivity contribution in [2.45, 2.75) is 59.3 Å². The van der Waals surface area contributed by atoms with Crippen LogP contribution in [0.1, 0.15) is 69.1 Å². The Bertz CT molecular complexity index is 368. The Hall–Kier alpha value is -0.820. The summed E-state index contributed by atoms with van der Waals surface area (Å²) in [6, 6.07) is 6.71. The van der Waals surface area contributed by atoms with Crippen LogP contribution in [0, 0.1) is 12.8 Å². The molecule has 1 aromatic rings. The van der Waals surface area contributed by atoms with Crippen LogP contribution in [0.15, 0.2) is 18.2 Å². The molecule has 0 heterocycles. The Kier molecular flexibility index (Phi) is 5.87. The number of rotatable bonds is 6. The Labute approximate surface area is 112 Å². The molecule has 2 unspecified atom stereocenters. The van der Waals surface area contributed by atoms with E-state index in [1.54, 1.807) is 0 Å². The van der Waals surface area contributed by atoms with E-state index in [9.17, 15) is 5.11 Å². The van der Waals surface area contributed by atoms with Crippen LogP contribution in [-0.2, 0) is 0 Å². The van der Waals surface area contributed by atoms with Crippen LogP contribution in [0.3, 0.4) is 0 Å². The summed E-state index contributed by atoms with van der Waals surface area (Å²) < 4.78 is 0. The van der Waals surface area contributed by atoms with Crippen LogP contribution in [0.2, 0.25) is 0 Å². The van der Waals surface area contributed by atoms with Gasteiger partial charge in [0.2, 0.25) is 0 Å². The first-order chi connectivity index (χ1) is 8.51. The van der Waals surface area contributed by atoms with Gasteiger partial charge >= 0.3 is 0 Å². The molecule has 18 heavy (non-hydrogen) atoms. The molecule has 0 fully saturated rings. The molecule has 0 amide bonds. The van der Waals surface area contributed by atoms with Crippen molar-refractivity contribution < 1.29 is 5.11 Å². The maximum Gasteiger partial charge on any atom is 0.0497 e. The number of aryl methyl sites for hydroxylation is 1. The van der Waals surface area contributed by atoms with Gasteiger partial charge in [-0.3, -0.25) is 0 Å². The quantitative estimate of drug-likeness (QED) is 0.778. The van der Waals surface area contributed by atoms with E-state index in [0.29, 0.717) is 11.8 Å². The molecule has 1 N–H and O–H groups in total. The van der Waals surface area contributed by atoms with E-state index < -0.39 is 0 Å². The van der Waals surface area contributed by atoms with Crippen LogP contribution < -0.4 is 0 Å². The molecule has 1 aromatic carbocycles. The molecule has 0 aromatic heterocycles. The van der Waals surface area contributed by atoms with Crippen LogP contribution in [-0.4, -0.2) is 11.7 Å². The standard InChI is InChI=1S/C17H28O/c1-6-7-16(12(2)3)17-9-8-15(10-13(17)4)14(5)11-18/h8-10,12,14,16,18H,6-7,11H2,1-5H3. The number of aliphatic hydroxyl groups is 1. The molecule has 0 aliphatic rings. The number of hydrogen-bond acceptors (Lipinski definition) is 1. The van der Waals surface area contributed by atoms with Crippen molar-refractivity contribution in [1.29, 1.82) is 0 Å². The first-order valence-corrected chi connectivity index (χ1v) is 7.22. The van der Waals surface area contributed by atoms with Gasteiger partial charge < -0.3 is 5.11 Å². The molecular formula is C17H28O. The zero-order valence-electron chi connectivity index (χ0n) is 12.5. The summed E-state index contributed by atoms with van der Waals surface area (Å²) in [5.74, 6) is 1.58. The summed E-state index contributed by atoms with van der Waals surface area (Å²) in [4.78, 5) is 0. The van der Waals surface area contributed by atoms with Gasteiger partial charge in [0.15, 0.2) is 0 Å². The summed E-state index contributed by atoms with van der Waals surface area (Å²) in [7, 11) is 0. The monoisotopic (exact) mass is 248 g/mol. The third-order valence-corrected chi connectivity index (χ3v) is 3.94. The maximum atomic E-state index is 9.23. The van der Waals surface area contributed by atoms with Crippen LogP contribution in [0.4, 0.5) is 0 Å². The minimum Gasteiger partial charge on any atom is -0.396 e. The van der Waals surface area contributed by atoms with Crippen LogP contribution >= 0.6 is 0 Å². The molecular weight excluding hydrogens is 220 g/mol. The van der Waals surface area contributed by atoms with E-state index in [-0.39, 0.29) is 12.5 Å². The zero-order chi connectivity index (χ0) is 13.7. The number of hydrogen-bond donors (Lipinski definition) is 1. The molecule has 2 atom stereocenters. The Morgan fingerprint density at radius 3 is 2.28 bits per heavy atom. The Morgan fingerprint density at radius 2 is 1.83 bits per heavy atom. The fourth-order valence-corrected chi connectivity index (χ4v) is 2.69. The molecule has 0 saturated heterocycles. The van der Waals surface area contributed by atoms with E-state index in [1.165, 1.54) is 29.5 Å². The lowest BCUT2D eigenvalue weighted by molar-refractivity contribution is 0.273. The zero-order valence-corrected chi connectivity index (χ0v) is 12.5. The number of benzene rings is 1. The van der Waals surface area contributed by atoms with Crippen molar-refractivity contribution in [2.75, 3.05) is 6.61 Å². The lowest BCUT2D eigenvalue weighted by Crippen LogP contribution is -2.09. The van der Waals surface area contributed by atoms with Gasteiger partial charge in [-0.25, -0.2) is 0 Å². The SMILES string of the molecule is CCCC(c1ccc(C(C)CO)cc1C)C(C)C. The van der Waals surface area contributed by atoms with E-state index in [0.717, 1.165) is 0 Å². The van der Waals surface area contributed by atoms with E-state index in [1.807, 2.05) is 0 Å². The van der Waals surface area contributed by atoms with Gasteiger partial charge in [-0.2, -0.15) is 0 Å². The average molecular weight is 248 g/mol. The highest BCUT2D eigenvalue weighted by Gasteiger charge is 2.17. The molecule has 0 bridgehead atoms. The topological polar surface area (TPSA) is 20.2 Å². The third-order valence-electron chi connectivity index (χ3n) is 3.94. The summed E-state index contributed by atoms with van der Waals surface area (Å²) in [5.41, 5.74) is 4.11. The second-order valence-electron chi connectivity index (χ2n) is 5.84. The smallest absolute Gasteiger partial charge is 0.0497 e. The van der Waals surface area contributed by atoms with Crippen molar-refractivity contribution in [2.24, 2.45) is 5.92 Å². The molecule has 0 spiro atoms. The Balaban J connectivity index is 3.03. The molecule has 0 radical (unpaired) electrons. The Morgan fingerprint density at radius 1 is 1.17 bits per heavy atom. The van der Waals surface area contributed by atoms with Gasteiger partial charge in [-0.15, -0.1) is 0 Å². The first kappa shape index (κ1) is 15.2. The lowest BCUT2D eigenvalue weighted by Gasteiger charge is -2.24. The van der Waals surface area contributed by atoms with Gasteiger partial charge in [0.1, 0.15) is 0 Å². The summed E-state index contributed by atoms with van der Waals surface area (Å²) in [6.45, 7) is 11.4. The predicted octanol–water partition coefficient (Wildman–Crippen LogP) is 4.63. The minimum absolute atomic E-state index is 0.224. The lowest BCUT2D eigenvalue weighted by atomic mass is 9.82. The van der Waals surface area contributed by atoms with Gasteiger partial charge in [0.05, 0.1) is 0 Å².